The van der Waals surface area contributed by atoms with Crippen molar-refractivity contribution in [2.45, 2.75) is 12.8 Å². The number of aromatic amines is 1. The van der Waals surface area contributed by atoms with Gasteiger partial charge >= 0.3 is 0 Å². The van der Waals surface area contributed by atoms with Crippen LogP contribution in [0.3, 0.4) is 0 Å². The van der Waals surface area contributed by atoms with E-state index in [2.05, 4.69) is 15.2 Å². The molecule has 4 rings (SSSR count). The molecule has 5 heteroatoms. The lowest BCUT2D eigenvalue weighted by Gasteiger charge is -2.15. The second kappa shape index (κ2) is 7.62. The number of likely N-dealkylation sites (tertiary alicyclic amines) is 1. The number of carbonyl (C=O) groups is 1. The molecule has 1 fully saturated rings. The fourth-order valence-electron chi connectivity index (χ4n) is 3.42. The summed E-state index contributed by atoms with van der Waals surface area (Å²) in [7, 11) is 0. The zero-order valence-corrected chi connectivity index (χ0v) is 14.7. The molecule has 1 aromatic heterocycles. The van der Waals surface area contributed by atoms with Crippen molar-refractivity contribution in [1.82, 2.24) is 9.88 Å². The van der Waals surface area contributed by atoms with Crippen molar-refractivity contribution >= 4 is 22.5 Å². The molecular formula is C21H23N3O2. The monoisotopic (exact) mass is 349 g/mol. The maximum absolute atomic E-state index is 12.6. The number of benzene rings is 2. The van der Waals surface area contributed by atoms with E-state index >= 15 is 0 Å². The molecular weight excluding hydrogens is 326 g/mol. The van der Waals surface area contributed by atoms with Gasteiger partial charge in [-0.15, -0.1) is 0 Å². The van der Waals surface area contributed by atoms with Gasteiger partial charge in [0.25, 0.3) is 5.91 Å². The van der Waals surface area contributed by atoms with Crippen molar-refractivity contribution in [3.05, 3.63) is 60.3 Å². The maximum atomic E-state index is 12.6. The molecule has 3 aromatic rings. The van der Waals surface area contributed by atoms with E-state index in [0.717, 1.165) is 28.9 Å². The van der Waals surface area contributed by atoms with Crippen LogP contribution < -0.4 is 10.1 Å². The third kappa shape index (κ3) is 3.73. The van der Waals surface area contributed by atoms with Crippen LogP contribution in [0.1, 0.15) is 23.2 Å². The molecule has 0 saturated carbocycles. The van der Waals surface area contributed by atoms with E-state index in [1.54, 1.807) is 0 Å². The SMILES string of the molecule is O=C(Nc1ccc(OCCN2CCCC2)cc1)c1cccc2[nH]ccc12. The Kier molecular flexibility index (Phi) is 4.88. The van der Waals surface area contributed by atoms with Crippen molar-refractivity contribution < 1.29 is 9.53 Å². The van der Waals surface area contributed by atoms with Crippen molar-refractivity contribution in [2.75, 3.05) is 31.6 Å². The summed E-state index contributed by atoms with van der Waals surface area (Å²) in [5.41, 5.74) is 2.38. The van der Waals surface area contributed by atoms with E-state index < -0.39 is 0 Å². The quantitative estimate of drug-likeness (QED) is 0.710. The topological polar surface area (TPSA) is 57.4 Å². The van der Waals surface area contributed by atoms with E-state index in [1.165, 1.54) is 25.9 Å². The lowest BCUT2D eigenvalue weighted by Crippen LogP contribution is -2.25. The van der Waals surface area contributed by atoms with E-state index in [1.807, 2.05) is 54.7 Å². The van der Waals surface area contributed by atoms with E-state index in [-0.39, 0.29) is 5.91 Å². The molecule has 2 heterocycles. The number of anilines is 1. The molecule has 1 amide bonds. The number of amides is 1. The van der Waals surface area contributed by atoms with Crippen LogP contribution in [0.4, 0.5) is 5.69 Å². The summed E-state index contributed by atoms with van der Waals surface area (Å²) in [6, 6.07) is 15.1. The number of fused-ring (bicyclic) bond motifs is 1. The highest BCUT2D eigenvalue weighted by Gasteiger charge is 2.12. The first-order valence-electron chi connectivity index (χ1n) is 9.12. The number of aromatic nitrogens is 1. The molecule has 0 bridgehead atoms. The molecule has 0 atom stereocenters. The van der Waals surface area contributed by atoms with Gasteiger partial charge in [-0.1, -0.05) is 6.07 Å². The minimum absolute atomic E-state index is 0.113. The van der Waals surface area contributed by atoms with Gasteiger partial charge in [-0.3, -0.25) is 9.69 Å². The Morgan fingerprint density at radius 2 is 1.88 bits per heavy atom. The summed E-state index contributed by atoms with van der Waals surface area (Å²) in [5.74, 6) is 0.716. The Morgan fingerprint density at radius 1 is 1.08 bits per heavy atom. The van der Waals surface area contributed by atoms with Gasteiger partial charge in [-0.05, 0) is 68.4 Å². The summed E-state index contributed by atoms with van der Waals surface area (Å²) < 4.78 is 5.80. The van der Waals surface area contributed by atoms with Crippen LogP contribution in [-0.2, 0) is 0 Å². The number of nitrogens with zero attached hydrogens (tertiary/aromatic N) is 1. The fourth-order valence-corrected chi connectivity index (χ4v) is 3.42. The predicted octanol–water partition coefficient (Wildman–Crippen LogP) is 3.89. The van der Waals surface area contributed by atoms with Crippen LogP contribution in [0, 0.1) is 0 Å². The van der Waals surface area contributed by atoms with Gasteiger partial charge < -0.3 is 15.0 Å². The summed E-state index contributed by atoms with van der Waals surface area (Å²) in [4.78, 5) is 18.1. The second-order valence-corrected chi connectivity index (χ2v) is 6.62. The highest BCUT2D eigenvalue weighted by atomic mass is 16.5. The Labute approximate surface area is 153 Å². The molecule has 0 aliphatic carbocycles. The van der Waals surface area contributed by atoms with E-state index in [4.69, 9.17) is 4.74 Å². The molecule has 2 aromatic carbocycles. The number of rotatable bonds is 6. The molecule has 1 saturated heterocycles. The van der Waals surface area contributed by atoms with Gasteiger partial charge in [0.1, 0.15) is 12.4 Å². The minimum atomic E-state index is -0.113. The van der Waals surface area contributed by atoms with Gasteiger partial charge in [0.2, 0.25) is 0 Å². The molecule has 5 nitrogen and oxygen atoms in total. The lowest BCUT2D eigenvalue weighted by atomic mass is 10.1. The Bertz CT molecular complexity index is 880. The number of nitrogens with one attached hydrogen (secondary N) is 2. The molecule has 2 N–H and O–H groups in total. The largest absolute Gasteiger partial charge is 0.492 e. The van der Waals surface area contributed by atoms with Gasteiger partial charge in [-0.2, -0.15) is 0 Å². The van der Waals surface area contributed by atoms with Crippen molar-refractivity contribution in [1.29, 1.82) is 0 Å². The number of ether oxygens (including phenoxy) is 1. The molecule has 134 valence electrons. The average molecular weight is 349 g/mol. The standard InChI is InChI=1S/C21H23N3O2/c25-21(19-4-3-5-20-18(19)10-11-22-20)23-16-6-8-17(9-7-16)26-15-14-24-12-1-2-13-24/h3-11,22H,1-2,12-15H2,(H,23,25). The lowest BCUT2D eigenvalue weighted by molar-refractivity contribution is 0.102. The Balaban J connectivity index is 1.34. The van der Waals surface area contributed by atoms with Crippen molar-refractivity contribution in [3.63, 3.8) is 0 Å². The average Bonchev–Trinajstić information content (AvgIpc) is 3.34. The Hall–Kier alpha value is -2.79. The first-order chi connectivity index (χ1) is 12.8. The highest BCUT2D eigenvalue weighted by Crippen LogP contribution is 2.20. The molecule has 26 heavy (non-hydrogen) atoms. The molecule has 0 spiro atoms. The summed E-state index contributed by atoms with van der Waals surface area (Å²) in [5, 5.41) is 3.87. The van der Waals surface area contributed by atoms with Crippen molar-refractivity contribution in [3.8, 4) is 5.75 Å². The normalized spacial score (nSPS) is 14.6. The van der Waals surface area contributed by atoms with Gasteiger partial charge in [-0.25, -0.2) is 0 Å². The number of hydrogen-bond donors (Lipinski definition) is 2. The summed E-state index contributed by atoms with van der Waals surface area (Å²) >= 11 is 0. The molecule has 0 radical (unpaired) electrons. The van der Waals surface area contributed by atoms with Crippen LogP contribution in [-0.4, -0.2) is 42.0 Å². The molecule has 1 aliphatic rings. The molecule has 1 aliphatic heterocycles. The van der Waals surface area contributed by atoms with Gasteiger partial charge in [0, 0.05) is 34.9 Å². The van der Waals surface area contributed by atoms with Crippen LogP contribution >= 0.6 is 0 Å². The van der Waals surface area contributed by atoms with Crippen LogP contribution in [0.15, 0.2) is 54.7 Å². The number of hydrogen-bond acceptors (Lipinski definition) is 3. The smallest absolute Gasteiger partial charge is 0.256 e. The van der Waals surface area contributed by atoms with Crippen LogP contribution in [0.2, 0.25) is 0 Å². The van der Waals surface area contributed by atoms with Crippen LogP contribution in [0.25, 0.3) is 10.9 Å². The number of carbonyl (C=O) groups excluding carboxylic acids is 1. The zero-order valence-electron chi connectivity index (χ0n) is 14.7. The third-order valence-corrected chi connectivity index (χ3v) is 4.83. The van der Waals surface area contributed by atoms with E-state index in [9.17, 15) is 4.79 Å². The molecule has 0 unspecified atom stereocenters. The summed E-state index contributed by atoms with van der Waals surface area (Å²) in [6.45, 7) is 4.03. The van der Waals surface area contributed by atoms with Crippen molar-refractivity contribution in [2.24, 2.45) is 0 Å². The highest BCUT2D eigenvalue weighted by molar-refractivity contribution is 6.12. The van der Waals surface area contributed by atoms with E-state index in [0.29, 0.717) is 12.2 Å². The summed E-state index contributed by atoms with van der Waals surface area (Å²) in [6.07, 6.45) is 4.44. The Morgan fingerprint density at radius 3 is 2.69 bits per heavy atom. The van der Waals surface area contributed by atoms with Gasteiger partial charge in [0.15, 0.2) is 0 Å². The number of H-pyrrole nitrogens is 1. The third-order valence-electron chi connectivity index (χ3n) is 4.83. The van der Waals surface area contributed by atoms with Gasteiger partial charge in [0.05, 0.1) is 0 Å². The predicted molar refractivity (Wildman–Crippen MR) is 104 cm³/mol. The minimum Gasteiger partial charge on any atom is -0.492 e. The first kappa shape index (κ1) is 16.7. The fraction of sp³-hybridized carbons (Fsp3) is 0.286. The zero-order chi connectivity index (χ0) is 17.8. The van der Waals surface area contributed by atoms with Crippen LogP contribution in [0.5, 0.6) is 5.75 Å². The maximum Gasteiger partial charge on any atom is 0.256 e. The second-order valence-electron chi connectivity index (χ2n) is 6.62. The first-order valence-corrected chi connectivity index (χ1v) is 9.12.